The fourth-order valence-electron chi connectivity index (χ4n) is 3.74. The van der Waals surface area contributed by atoms with Crippen molar-refractivity contribution in [3.8, 4) is 11.5 Å². The van der Waals surface area contributed by atoms with Crippen molar-refractivity contribution in [3.05, 3.63) is 23.8 Å². The smallest absolute Gasteiger partial charge is 0.324 e. The van der Waals surface area contributed by atoms with Gasteiger partial charge >= 0.3 is 6.03 Å². The zero-order valence-electron chi connectivity index (χ0n) is 14.3. The van der Waals surface area contributed by atoms with E-state index < -0.39 is 6.03 Å². The monoisotopic (exact) mass is 359 g/mol. The molecule has 0 aromatic heterocycles. The molecule has 2 fully saturated rings. The number of imide groups is 1. The van der Waals surface area contributed by atoms with Crippen LogP contribution in [0.3, 0.4) is 0 Å². The topological polar surface area (TPSA) is 97.0 Å². The Balaban J connectivity index is 1.34. The van der Waals surface area contributed by atoms with Gasteiger partial charge in [0.25, 0.3) is 0 Å². The maximum Gasteiger partial charge on any atom is 0.324 e. The van der Waals surface area contributed by atoms with Crippen molar-refractivity contribution in [1.29, 1.82) is 0 Å². The molecule has 0 radical (unpaired) electrons. The van der Waals surface area contributed by atoms with Gasteiger partial charge in [-0.3, -0.25) is 14.5 Å². The summed E-state index contributed by atoms with van der Waals surface area (Å²) in [5.41, 5.74) is 0.851. The minimum absolute atomic E-state index is 0.0864. The Morgan fingerprint density at radius 2 is 2.00 bits per heavy atom. The third-order valence-electron chi connectivity index (χ3n) is 5.13. The van der Waals surface area contributed by atoms with Crippen LogP contribution >= 0.6 is 0 Å². The molecule has 1 aromatic rings. The molecule has 1 aromatic carbocycles. The van der Waals surface area contributed by atoms with E-state index in [1.165, 1.54) is 0 Å². The molecule has 1 aliphatic carbocycles. The Morgan fingerprint density at radius 1 is 1.19 bits per heavy atom. The van der Waals surface area contributed by atoms with Gasteiger partial charge in [-0.15, -0.1) is 0 Å². The molecule has 8 heteroatoms. The average molecular weight is 359 g/mol. The van der Waals surface area contributed by atoms with E-state index in [0.717, 1.165) is 36.1 Å². The lowest BCUT2D eigenvalue weighted by atomic mass is 9.82. The third kappa shape index (κ3) is 3.18. The van der Waals surface area contributed by atoms with Crippen molar-refractivity contribution in [2.75, 3.05) is 13.3 Å². The molecule has 2 unspecified atom stereocenters. The standard InChI is InChI=1S/C18H21N3O5/c22-16(19-8-11-5-6-14-15(7-11)26-10-25-14)9-21-17(23)12-3-1-2-4-13(12)20-18(21)24/h5-7,12-13H,1-4,8-10H2,(H,19,22)(H,20,24). The Kier molecular flexibility index (Phi) is 4.40. The molecule has 26 heavy (non-hydrogen) atoms. The second-order valence-corrected chi connectivity index (χ2v) is 6.84. The lowest BCUT2D eigenvalue weighted by Gasteiger charge is -2.39. The summed E-state index contributed by atoms with van der Waals surface area (Å²) in [5.74, 6) is 0.503. The predicted octanol–water partition coefficient (Wildman–Crippen LogP) is 1.14. The van der Waals surface area contributed by atoms with Crippen LogP contribution in [0, 0.1) is 5.92 Å². The van der Waals surface area contributed by atoms with E-state index in [1.807, 2.05) is 6.07 Å². The molecule has 1 saturated carbocycles. The fourth-order valence-corrected chi connectivity index (χ4v) is 3.74. The molecular formula is C18H21N3O5. The van der Waals surface area contributed by atoms with Gasteiger partial charge in [-0.2, -0.15) is 0 Å². The highest BCUT2D eigenvalue weighted by Gasteiger charge is 2.42. The second kappa shape index (κ2) is 6.86. The van der Waals surface area contributed by atoms with Gasteiger partial charge in [0, 0.05) is 12.6 Å². The molecular weight excluding hydrogens is 338 g/mol. The zero-order chi connectivity index (χ0) is 18.1. The number of nitrogens with zero attached hydrogens (tertiary/aromatic N) is 1. The summed E-state index contributed by atoms with van der Waals surface area (Å²) >= 11 is 0. The Hall–Kier alpha value is -2.77. The highest BCUT2D eigenvalue weighted by atomic mass is 16.7. The molecule has 2 aliphatic heterocycles. The van der Waals surface area contributed by atoms with E-state index in [-0.39, 0.29) is 43.7 Å². The SMILES string of the molecule is O=C(CN1C(=O)NC2CCCCC2C1=O)NCc1ccc2c(c1)OCO2. The molecule has 1 saturated heterocycles. The first-order chi connectivity index (χ1) is 12.6. The van der Waals surface area contributed by atoms with Gasteiger partial charge in [-0.05, 0) is 30.5 Å². The molecule has 2 heterocycles. The Labute approximate surface area is 150 Å². The largest absolute Gasteiger partial charge is 0.454 e. The summed E-state index contributed by atoms with van der Waals surface area (Å²) in [6, 6.07) is 4.86. The highest BCUT2D eigenvalue weighted by Crippen LogP contribution is 2.32. The van der Waals surface area contributed by atoms with Crippen LogP contribution in [-0.2, 0) is 16.1 Å². The molecule has 8 nitrogen and oxygen atoms in total. The van der Waals surface area contributed by atoms with Gasteiger partial charge in [0.1, 0.15) is 6.54 Å². The van der Waals surface area contributed by atoms with Crippen LogP contribution < -0.4 is 20.1 Å². The lowest BCUT2D eigenvalue weighted by Crippen LogP contribution is -2.62. The van der Waals surface area contributed by atoms with Crippen molar-refractivity contribution in [2.45, 2.75) is 38.3 Å². The first-order valence-corrected chi connectivity index (χ1v) is 8.89. The predicted molar refractivity (Wildman–Crippen MR) is 90.4 cm³/mol. The number of rotatable bonds is 4. The number of carbonyl (C=O) groups excluding carboxylic acids is 3. The number of benzene rings is 1. The fraction of sp³-hybridized carbons (Fsp3) is 0.500. The normalized spacial score (nSPS) is 24.1. The molecule has 138 valence electrons. The van der Waals surface area contributed by atoms with Crippen molar-refractivity contribution in [1.82, 2.24) is 15.5 Å². The Morgan fingerprint density at radius 3 is 2.88 bits per heavy atom. The number of ether oxygens (including phenoxy) is 2. The average Bonchev–Trinajstić information content (AvgIpc) is 3.11. The first kappa shape index (κ1) is 16.7. The summed E-state index contributed by atoms with van der Waals surface area (Å²) in [6.45, 7) is 0.211. The van der Waals surface area contributed by atoms with Crippen LogP contribution in [0.15, 0.2) is 18.2 Å². The van der Waals surface area contributed by atoms with Crippen molar-refractivity contribution in [2.24, 2.45) is 5.92 Å². The van der Waals surface area contributed by atoms with Crippen molar-refractivity contribution >= 4 is 17.8 Å². The number of nitrogens with one attached hydrogen (secondary N) is 2. The maximum atomic E-state index is 12.6. The number of urea groups is 1. The summed E-state index contributed by atoms with van der Waals surface area (Å²) in [7, 11) is 0. The van der Waals surface area contributed by atoms with Crippen LogP contribution in [-0.4, -0.2) is 42.1 Å². The number of hydrogen-bond acceptors (Lipinski definition) is 5. The van der Waals surface area contributed by atoms with Gasteiger partial charge in [0.05, 0.1) is 5.92 Å². The van der Waals surface area contributed by atoms with E-state index >= 15 is 0 Å². The number of fused-ring (bicyclic) bond motifs is 2. The first-order valence-electron chi connectivity index (χ1n) is 8.89. The summed E-state index contributed by atoms with van der Waals surface area (Å²) in [4.78, 5) is 38.0. The molecule has 4 amide bonds. The van der Waals surface area contributed by atoms with E-state index in [2.05, 4.69) is 10.6 Å². The quantitative estimate of drug-likeness (QED) is 0.840. The number of hydrogen-bond donors (Lipinski definition) is 2. The van der Waals surface area contributed by atoms with Gasteiger partial charge in [-0.1, -0.05) is 18.9 Å². The van der Waals surface area contributed by atoms with Crippen molar-refractivity contribution < 1.29 is 23.9 Å². The number of carbonyl (C=O) groups is 3. The summed E-state index contributed by atoms with van der Waals surface area (Å²) in [6.07, 6.45) is 3.59. The van der Waals surface area contributed by atoms with Crippen LogP contribution in [0.25, 0.3) is 0 Å². The van der Waals surface area contributed by atoms with Gasteiger partial charge in [0.2, 0.25) is 18.6 Å². The van der Waals surface area contributed by atoms with Crippen molar-refractivity contribution in [3.63, 3.8) is 0 Å². The summed E-state index contributed by atoms with van der Waals surface area (Å²) < 4.78 is 10.6. The Bertz CT molecular complexity index is 750. The van der Waals surface area contributed by atoms with E-state index in [9.17, 15) is 14.4 Å². The van der Waals surface area contributed by atoms with Crippen LogP contribution in [0.2, 0.25) is 0 Å². The molecule has 4 rings (SSSR count). The van der Waals surface area contributed by atoms with E-state index in [0.29, 0.717) is 11.5 Å². The second-order valence-electron chi connectivity index (χ2n) is 6.84. The van der Waals surface area contributed by atoms with E-state index in [1.54, 1.807) is 12.1 Å². The molecule has 0 spiro atoms. The summed E-state index contributed by atoms with van der Waals surface area (Å²) in [5, 5.41) is 5.60. The maximum absolute atomic E-state index is 12.6. The van der Waals surface area contributed by atoms with Gasteiger partial charge < -0.3 is 20.1 Å². The van der Waals surface area contributed by atoms with Crippen LogP contribution in [0.1, 0.15) is 31.2 Å². The van der Waals surface area contributed by atoms with Crippen LogP contribution in [0.5, 0.6) is 11.5 Å². The molecule has 0 bridgehead atoms. The van der Waals surface area contributed by atoms with E-state index in [4.69, 9.17) is 9.47 Å². The molecule has 2 N–H and O–H groups in total. The third-order valence-corrected chi connectivity index (χ3v) is 5.13. The number of amides is 4. The zero-order valence-corrected chi connectivity index (χ0v) is 14.3. The molecule has 3 aliphatic rings. The highest BCUT2D eigenvalue weighted by molar-refractivity contribution is 6.01. The van der Waals surface area contributed by atoms with Gasteiger partial charge in [0.15, 0.2) is 11.5 Å². The van der Waals surface area contributed by atoms with Crippen LogP contribution in [0.4, 0.5) is 4.79 Å². The minimum Gasteiger partial charge on any atom is -0.454 e. The van der Waals surface area contributed by atoms with Gasteiger partial charge in [-0.25, -0.2) is 4.79 Å². The minimum atomic E-state index is -0.476. The lowest BCUT2D eigenvalue weighted by molar-refractivity contribution is -0.139. The molecule has 2 atom stereocenters.